The van der Waals surface area contributed by atoms with E-state index in [9.17, 15) is 9.18 Å². The highest BCUT2D eigenvalue weighted by Gasteiger charge is 2.16. The van der Waals surface area contributed by atoms with Crippen LogP contribution < -0.4 is 10.1 Å². The molecule has 0 aliphatic heterocycles. The Labute approximate surface area is 148 Å². The second-order valence-corrected chi connectivity index (χ2v) is 6.99. The summed E-state index contributed by atoms with van der Waals surface area (Å²) < 4.78 is 18.4. The maximum absolute atomic E-state index is 13.2. The van der Waals surface area contributed by atoms with E-state index in [4.69, 9.17) is 16.3 Å². The van der Waals surface area contributed by atoms with Gasteiger partial charge in [-0.1, -0.05) is 42.2 Å². The van der Waals surface area contributed by atoms with E-state index in [0.717, 1.165) is 24.2 Å². The minimum absolute atomic E-state index is 0.194. The monoisotopic (exact) mass is 369 g/mol. The first kappa shape index (κ1) is 17.1. The zero-order valence-electron chi connectivity index (χ0n) is 12.9. The summed E-state index contributed by atoms with van der Waals surface area (Å²) in [5, 5.41) is 4.92. The van der Waals surface area contributed by atoms with E-state index in [-0.39, 0.29) is 10.2 Å². The molecule has 1 amide bonds. The van der Waals surface area contributed by atoms with Crippen molar-refractivity contribution in [1.82, 2.24) is 15.3 Å². The van der Waals surface area contributed by atoms with Crippen molar-refractivity contribution in [3.8, 4) is 16.5 Å². The molecule has 1 aliphatic carbocycles. The van der Waals surface area contributed by atoms with Crippen molar-refractivity contribution in [3.05, 3.63) is 28.6 Å². The maximum Gasteiger partial charge on any atom is 0.414 e. The van der Waals surface area contributed by atoms with Crippen molar-refractivity contribution in [2.24, 2.45) is 5.92 Å². The van der Waals surface area contributed by atoms with Gasteiger partial charge in [0, 0.05) is 29.8 Å². The molecule has 0 unspecified atom stereocenters. The van der Waals surface area contributed by atoms with Crippen molar-refractivity contribution in [2.75, 3.05) is 6.54 Å². The number of nitrogens with zero attached hydrogens (tertiary/aromatic N) is 2. The second-order valence-electron chi connectivity index (χ2n) is 5.76. The average molecular weight is 370 g/mol. The number of rotatable bonds is 4. The molecule has 0 spiro atoms. The van der Waals surface area contributed by atoms with E-state index in [2.05, 4.69) is 15.3 Å². The molecule has 0 atom stereocenters. The first-order valence-electron chi connectivity index (χ1n) is 7.84. The largest absolute Gasteiger partial charge is 0.414 e. The Morgan fingerprint density at radius 3 is 3.00 bits per heavy atom. The lowest BCUT2D eigenvalue weighted by molar-refractivity contribution is 0.196. The summed E-state index contributed by atoms with van der Waals surface area (Å²) in [4.78, 5) is 19.5. The molecule has 0 saturated heterocycles. The fourth-order valence-electron chi connectivity index (χ4n) is 2.77. The molecule has 2 aromatic rings. The number of ether oxygens (including phenoxy) is 1. The molecule has 0 aromatic carbocycles. The highest BCUT2D eigenvalue weighted by molar-refractivity contribution is 7.11. The molecular formula is C16H17ClFN3O2S. The van der Waals surface area contributed by atoms with Crippen molar-refractivity contribution in [2.45, 2.75) is 32.1 Å². The van der Waals surface area contributed by atoms with Crippen LogP contribution in [-0.4, -0.2) is 22.6 Å². The van der Waals surface area contributed by atoms with Crippen LogP contribution in [0.25, 0.3) is 11.3 Å². The van der Waals surface area contributed by atoms with Gasteiger partial charge in [-0.3, -0.25) is 0 Å². The molecular weight excluding hydrogens is 353 g/mol. The lowest BCUT2D eigenvalue weighted by Crippen LogP contribution is -2.32. The van der Waals surface area contributed by atoms with Gasteiger partial charge in [-0.05, 0) is 18.8 Å². The molecule has 1 saturated carbocycles. The van der Waals surface area contributed by atoms with E-state index in [1.165, 1.54) is 31.5 Å². The normalized spacial score (nSPS) is 15.2. The number of thiazole rings is 1. The summed E-state index contributed by atoms with van der Waals surface area (Å²) >= 11 is 7.15. The van der Waals surface area contributed by atoms with Gasteiger partial charge < -0.3 is 10.1 Å². The Morgan fingerprint density at radius 2 is 2.21 bits per heavy atom. The molecule has 3 rings (SSSR count). The molecule has 2 heterocycles. The number of carbonyl (C=O) groups is 1. The first-order chi connectivity index (χ1) is 11.6. The van der Waals surface area contributed by atoms with Crippen LogP contribution in [-0.2, 0) is 0 Å². The molecule has 1 N–H and O–H groups in total. The standard InChI is InChI=1S/C16H17ClFN3O2S/c17-12-8-19-14(18)6-11(12)13-9-24-16(21-13)23-15(22)20-7-10-4-2-1-3-5-10/h6,8-10H,1-5,7H2,(H,20,22). The van der Waals surface area contributed by atoms with Crippen molar-refractivity contribution in [1.29, 1.82) is 0 Å². The van der Waals surface area contributed by atoms with Crippen LogP contribution in [0.15, 0.2) is 17.6 Å². The predicted octanol–water partition coefficient (Wildman–Crippen LogP) is 4.67. The van der Waals surface area contributed by atoms with Gasteiger partial charge in [0.05, 0.1) is 10.7 Å². The lowest BCUT2D eigenvalue weighted by atomic mass is 9.89. The van der Waals surface area contributed by atoms with Gasteiger partial charge in [0.2, 0.25) is 5.95 Å². The number of nitrogens with one attached hydrogen (secondary N) is 1. The van der Waals surface area contributed by atoms with Crippen LogP contribution in [0.5, 0.6) is 5.19 Å². The van der Waals surface area contributed by atoms with Gasteiger partial charge in [-0.25, -0.2) is 14.8 Å². The van der Waals surface area contributed by atoms with Gasteiger partial charge in [0.15, 0.2) is 0 Å². The minimum atomic E-state index is -0.643. The Bertz CT molecular complexity index is 719. The van der Waals surface area contributed by atoms with Gasteiger partial charge in [0.25, 0.3) is 5.19 Å². The summed E-state index contributed by atoms with van der Waals surface area (Å²) in [6.45, 7) is 0.623. The quantitative estimate of drug-likeness (QED) is 0.795. The van der Waals surface area contributed by atoms with E-state index in [1.54, 1.807) is 5.38 Å². The number of aromatic nitrogens is 2. The fourth-order valence-corrected chi connectivity index (χ4v) is 3.64. The number of hydrogen-bond donors (Lipinski definition) is 1. The van der Waals surface area contributed by atoms with Crippen molar-refractivity contribution >= 4 is 29.0 Å². The Hall–Kier alpha value is -1.73. The van der Waals surface area contributed by atoms with Crippen molar-refractivity contribution < 1.29 is 13.9 Å². The molecule has 128 valence electrons. The summed E-state index contributed by atoms with van der Waals surface area (Å²) in [5.41, 5.74) is 0.860. The van der Waals surface area contributed by atoms with Gasteiger partial charge in [0.1, 0.15) is 0 Å². The highest BCUT2D eigenvalue weighted by Crippen LogP contribution is 2.31. The summed E-state index contributed by atoms with van der Waals surface area (Å²) in [6.07, 6.45) is 6.72. The van der Waals surface area contributed by atoms with Crippen LogP contribution in [0.1, 0.15) is 32.1 Å². The molecule has 1 fully saturated rings. The topological polar surface area (TPSA) is 64.1 Å². The van der Waals surface area contributed by atoms with Gasteiger partial charge >= 0.3 is 6.09 Å². The van der Waals surface area contributed by atoms with E-state index >= 15 is 0 Å². The highest BCUT2D eigenvalue weighted by atomic mass is 35.5. The minimum Gasteiger partial charge on any atom is -0.381 e. The van der Waals surface area contributed by atoms with Crippen LogP contribution in [0, 0.1) is 11.9 Å². The lowest BCUT2D eigenvalue weighted by Gasteiger charge is -2.21. The third-order valence-electron chi connectivity index (χ3n) is 4.02. The zero-order chi connectivity index (χ0) is 16.9. The number of hydrogen-bond acceptors (Lipinski definition) is 5. The zero-order valence-corrected chi connectivity index (χ0v) is 14.5. The summed E-state index contributed by atoms with van der Waals surface area (Å²) in [5.74, 6) is -0.119. The molecule has 0 radical (unpaired) electrons. The van der Waals surface area contributed by atoms with Gasteiger partial charge in [-0.2, -0.15) is 4.39 Å². The smallest absolute Gasteiger partial charge is 0.381 e. The molecule has 8 heteroatoms. The molecule has 1 aliphatic rings. The van der Waals surface area contributed by atoms with E-state index < -0.39 is 12.0 Å². The van der Waals surface area contributed by atoms with Crippen molar-refractivity contribution in [3.63, 3.8) is 0 Å². The third kappa shape index (κ3) is 4.42. The number of pyridine rings is 1. The second kappa shape index (κ2) is 7.90. The molecule has 0 bridgehead atoms. The van der Waals surface area contributed by atoms with Crippen LogP contribution in [0.4, 0.5) is 9.18 Å². The molecule has 5 nitrogen and oxygen atoms in total. The van der Waals surface area contributed by atoms with Crippen LogP contribution >= 0.6 is 22.9 Å². The maximum atomic E-state index is 13.2. The third-order valence-corrected chi connectivity index (χ3v) is 5.04. The van der Waals surface area contributed by atoms with E-state index in [0.29, 0.717) is 23.7 Å². The number of carbonyl (C=O) groups excluding carboxylic acids is 1. The summed E-state index contributed by atoms with van der Waals surface area (Å²) in [7, 11) is 0. The fraction of sp³-hybridized carbons (Fsp3) is 0.438. The van der Waals surface area contributed by atoms with Crippen LogP contribution in [0.3, 0.4) is 0 Å². The molecule has 24 heavy (non-hydrogen) atoms. The summed E-state index contributed by atoms with van der Waals surface area (Å²) in [6, 6.07) is 1.20. The SMILES string of the molecule is O=C(NCC1CCCCC1)Oc1nc(-c2cc(F)ncc2Cl)cs1. The molecule has 2 aromatic heterocycles. The Balaban J connectivity index is 1.57. The Kier molecular flexibility index (Phi) is 5.63. The number of halogens is 2. The Morgan fingerprint density at radius 1 is 1.42 bits per heavy atom. The number of amides is 1. The van der Waals surface area contributed by atoms with Crippen LogP contribution in [0.2, 0.25) is 5.02 Å². The van der Waals surface area contributed by atoms with Gasteiger partial charge in [-0.15, -0.1) is 0 Å². The van der Waals surface area contributed by atoms with E-state index in [1.807, 2.05) is 0 Å². The average Bonchev–Trinajstić information content (AvgIpc) is 3.04. The first-order valence-corrected chi connectivity index (χ1v) is 9.10. The predicted molar refractivity (Wildman–Crippen MR) is 90.9 cm³/mol.